The van der Waals surface area contributed by atoms with Gasteiger partial charge in [-0.15, -0.1) is 0 Å². The van der Waals surface area contributed by atoms with E-state index in [4.69, 9.17) is 0 Å². The number of hydrogen-bond donors (Lipinski definition) is 1. The van der Waals surface area contributed by atoms with Crippen molar-refractivity contribution in [1.82, 2.24) is 0 Å². The zero-order chi connectivity index (χ0) is 20.1. The largest absolute Gasteiger partial charge is 0.301 e. The first-order valence-electron chi connectivity index (χ1n) is 8.93. The molecule has 1 aliphatic rings. The van der Waals surface area contributed by atoms with Crippen LogP contribution in [0.2, 0.25) is 0 Å². The van der Waals surface area contributed by atoms with Crippen molar-refractivity contribution in [3.8, 4) is 0 Å². The first kappa shape index (κ1) is 19.2. The van der Waals surface area contributed by atoms with Gasteiger partial charge in [0.05, 0.1) is 27.0 Å². The van der Waals surface area contributed by atoms with Crippen molar-refractivity contribution in [2.45, 2.75) is 31.6 Å². The molecule has 0 bridgehead atoms. The average molecular weight is 380 g/mol. The van der Waals surface area contributed by atoms with E-state index in [2.05, 4.69) is 28.7 Å². The van der Waals surface area contributed by atoms with E-state index in [1.165, 1.54) is 12.1 Å². The topological polar surface area (TPSA) is 111 Å². The molecule has 2 aromatic carbocycles. The number of benzene rings is 2. The molecule has 144 valence electrons. The molecule has 8 heteroatoms. The highest BCUT2D eigenvalue weighted by Crippen LogP contribution is 2.41. The maximum absolute atomic E-state index is 11.3. The quantitative estimate of drug-likeness (QED) is 0.432. The van der Waals surface area contributed by atoms with Gasteiger partial charge in [-0.05, 0) is 37.8 Å². The van der Waals surface area contributed by atoms with Crippen LogP contribution in [0, 0.1) is 20.2 Å². The molecular formula is C20H20N4O4. The van der Waals surface area contributed by atoms with Gasteiger partial charge in [0.15, 0.2) is 0 Å². The number of hydrazone groups is 1. The van der Waals surface area contributed by atoms with Crippen molar-refractivity contribution in [2.24, 2.45) is 5.10 Å². The van der Waals surface area contributed by atoms with Crippen LogP contribution in [0.25, 0.3) is 0 Å². The highest BCUT2D eigenvalue weighted by molar-refractivity contribution is 5.99. The molecule has 3 rings (SSSR count). The maximum Gasteiger partial charge on any atom is 0.301 e. The summed E-state index contributed by atoms with van der Waals surface area (Å²) in [6.45, 7) is 1.95. The van der Waals surface area contributed by atoms with Gasteiger partial charge in [0.25, 0.3) is 5.69 Å². The van der Waals surface area contributed by atoms with Crippen molar-refractivity contribution in [3.05, 3.63) is 86.5 Å². The van der Waals surface area contributed by atoms with Crippen LogP contribution in [-0.4, -0.2) is 15.6 Å². The van der Waals surface area contributed by atoms with Crippen LogP contribution in [0.3, 0.4) is 0 Å². The number of anilines is 1. The van der Waals surface area contributed by atoms with E-state index in [1.54, 1.807) is 0 Å². The minimum Gasteiger partial charge on any atom is -0.272 e. The van der Waals surface area contributed by atoms with Crippen molar-refractivity contribution < 1.29 is 9.85 Å². The molecule has 1 aliphatic carbocycles. The van der Waals surface area contributed by atoms with Gasteiger partial charge >= 0.3 is 5.69 Å². The molecule has 1 atom stereocenters. The highest BCUT2D eigenvalue weighted by Gasteiger charge is 2.39. The Balaban J connectivity index is 1.99. The molecule has 0 amide bonds. The number of rotatable bonds is 6. The van der Waals surface area contributed by atoms with Crippen LogP contribution < -0.4 is 5.43 Å². The second-order valence-electron chi connectivity index (χ2n) is 6.58. The van der Waals surface area contributed by atoms with Gasteiger partial charge in [-0.25, -0.2) is 0 Å². The van der Waals surface area contributed by atoms with Gasteiger partial charge in [-0.1, -0.05) is 42.5 Å². The van der Waals surface area contributed by atoms with Crippen molar-refractivity contribution >= 4 is 22.8 Å². The van der Waals surface area contributed by atoms with E-state index in [1.807, 2.05) is 31.2 Å². The van der Waals surface area contributed by atoms with Gasteiger partial charge in [0, 0.05) is 6.07 Å². The molecule has 2 aromatic rings. The summed E-state index contributed by atoms with van der Waals surface area (Å²) in [6, 6.07) is 13.5. The summed E-state index contributed by atoms with van der Waals surface area (Å²) >= 11 is 0. The predicted octanol–water partition coefficient (Wildman–Crippen LogP) is 4.97. The molecule has 1 N–H and O–H groups in total. The number of allylic oxidation sites excluding steroid dienone is 2. The predicted molar refractivity (Wildman–Crippen MR) is 108 cm³/mol. The molecule has 0 unspecified atom stereocenters. The van der Waals surface area contributed by atoms with Crippen LogP contribution in [-0.2, 0) is 5.41 Å². The fourth-order valence-electron chi connectivity index (χ4n) is 3.67. The zero-order valence-electron chi connectivity index (χ0n) is 15.4. The van der Waals surface area contributed by atoms with Crippen molar-refractivity contribution in [3.63, 3.8) is 0 Å². The van der Waals surface area contributed by atoms with Crippen LogP contribution in [0.5, 0.6) is 0 Å². The fraction of sp³-hybridized carbons (Fsp3) is 0.250. The number of nitrogens with one attached hydrogen (secondary N) is 1. The zero-order valence-corrected chi connectivity index (χ0v) is 15.4. The van der Waals surface area contributed by atoms with Crippen LogP contribution in [0.1, 0.15) is 31.7 Å². The summed E-state index contributed by atoms with van der Waals surface area (Å²) in [5.74, 6) is 0. The van der Waals surface area contributed by atoms with E-state index in [-0.39, 0.29) is 22.5 Å². The third kappa shape index (κ3) is 3.62. The van der Waals surface area contributed by atoms with Crippen molar-refractivity contribution in [1.29, 1.82) is 0 Å². The molecule has 0 saturated heterocycles. The molecule has 0 heterocycles. The SMILES string of the molecule is C/C=C/[C@]1(c2ccccc2)CCC/C1=N\Nc1ccc([N+](=O)[O-])cc1[N+](=O)[O-]. The summed E-state index contributed by atoms with van der Waals surface area (Å²) in [5.41, 5.74) is 3.81. The van der Waals surface area contributed by atoms with Gasteiger partial charge in [0.2, 0.25) is 0 Å². The summed E-state index contributed by atoms with van der Waals surface area (Å²) < 4.78 is 0. The molecule has 1 fully saturated rings. The van der Waals surface area contributed by atoms with Gasteiger partial charge in [-0.3, -0.25) is 25.7 Å². The smallest absolute Gasteiger partial charge is 0.272 e. The second-order valence-corrected chi connectivity index (χ2v) is 6.58. The Morgan fingerprint density at radius 2 is 1.86 bits per heavy atom. The number of non-ortho nitro benzene ring substituents is 1. The highest BCUT2D eigenvalue weighted by atomic mass is 16.6. The Morgan fingerprint density at radius 1 is 1.11 bits per heavy atom. The van der Waals surface area contributed by atoms with E-state index < -0.39 is 9.85 Å². The lowest BCUT2D eigenvalue weighted by Crippen LogP contribution is -2.29. The second kappa shape index (κ2) is 7.99. The summed E-state index contributed by atoms with van der Waals surface area (Å²) in [7, 11) is 0. The molecule has 28 heavy (non-hydrogen) atoms. The van der Waals surface area contributed by atoms with Crippen LogP contribution in [0.4, 0.5) is 17.1 Å². The molecular weight excluding hydrogens is 360 g/mol. The first-order valence-corrected chi connectivity index (χ1v) is 8.93. The lowest BCUT2D eigenvalue weighted by atomic mass is 9.77. The van der Waals surface area contributed by atoms with Crippen LogP contribution >= 0.6 is 0 Å². The molecule has 1 saturated carbocycles. The fourth-order valence-corrected chi connectivity index (χ4v) is 3.67. The molecule has 0 aliphatic heterocycles. The summed E-state index contributed by atoms with van der Waals surface area (Å²) in [5, 5.41) is 26.7. The standard InChI is InChI=1S/C20H20N4O4/c1-2-12-20(15-7-4-3-5-8-15)13-6-9-19(20)22-21-17-11-10-16(23(25)26)14-18(17)24(27)28/h2-5,7-8,10-12,14,21H,6,9,13H2,1H3/b12-2+,22-19+/t20-/m1/s1. The lowest BCUT2D eigenvalue weighted by Gasteiger charge is -2.27. The van der Waals surface area contributed by atoms with Crippen molar-refractivity contribution in [2.75, 3.05) is 5.43 Å². The van der Waals surface area contributed by atoms with Crippen LogP contribution in [0.15, 0.2) is 65.8 Å². The third-order valence-corrected chi connectivity index (χ3v) is 4.94. The summed E-state index contributed by atoms with van der Waals surface area (Å²) in [4.78, 5) is 20.9. The minimum atomic E-state index is -0.661. The van der Waals surface area contributed by atoms with E-state index >= 15 is 0 Å². The molecule has 0 aromatic heterocycles. The normalized spacial score (nSPS) is 20.5. The lowest BCUT2D eigenvalue weighted by molar-refractivity contribution is -0.393. The Labute approximate surface area is 161 Å². The summed E-state index contributed by atoms with van der Waals surface area (Å²) in [6.07, 6.45) is 6.70. The molecule has 0 spiro atoms. The Bertz CT molecular complexity index is 956. The minimum absolute atomic E-state index is 0.123. The third-order valence-electron chi connectivity index (χ3n) is 4.94. The van der Waals surface area contributed by atoms with Gasteiger partial charge in [-0.2, -0.15) is 5.10 Å². The number of nitro benzene ring substituents is 2. The molecule has 8 nitrogen and oxygen atoms in total. The number of nitro groups is 2. The van der Waals surface area contributed by atoms with Gasteiger partial charge in [0.1, 0.15) is 5.69 Å². The van der Waals surface area contributed by atoms with E-state index in [0.29, 0.717) is 0 Å². The van der Waals surface area contributed by atoms with E-state index in [9.17, 15) is 20.2 Å². The van der Waals surface area contributed by atoms with E-state index in [0.717, 1.165) is 36.6 Å². The molecule has 0 radical (unpaired) electrons. The van der Waals surface area contributed by atoms with Gasteiger partial charge < -0.3 is 0 Å². The Kier molecular flexibility index (Phi) is 5.49. The Morgan fingerprint density at radius 3 is 2.50 bits per heavy atom. The monoisotopic (exact) mass is 380 g/mol. The number of nitrogens with zero attached hydrogens (tertiary/aromatic N) is 3. The average Bonchev–Trinajstić information content (AvgIpc) is 3.10. The first-order chi connectivity index (χ1) is 13.5. The number of hydrogen-bond acceptors (Lipinski definition) is 6. The Hall–Kier alpha value is -3.55. The maximum atomic E-state index is 11.3.